The Morgan fingerprint density at radius 1 is 1.28 bits per heavy atom. The molecule has 1 aliphatic carbocycles. The van der Waals surface area contributed by atoms with E-state index in [1.165, 1.54) is 12.8 Å². The number of urea groups is 1. The van der Waals surface area contributed by atoms with Gasteiger partial charge in [-0.1, -0.05) is 12.8 Å². The molecular formula is C14H25N3O. The second kappa shape index (κ2) is 4.41. The summed E-state index contributed by atoms with van der Waals surface area (Å²) >= 11 is 0. The highest BCUT2D eigenvalue weighted by molar-refractivity contribution is 5.76. The Balaban J connectivity index is 1.66. The number of rotatable bonds is 1. The predicted molar refractivity (Wildman–Crippen MR) is 71.4 cm³/mol. The van der Waals surface area contributed by atoms with Gasteiger partial charge in [-0.2, -0.15) is 0 Å². The van der Waals surface area contributed by atoms with Crippen LogP contribution in [0.2, 0.25) is 0 Å². The van der Waals surface area contributed by atoms with Crippen LogP contribution in [0, 0.1) is 11.8 Å². The Bertz CT molecular complexity index is 336. The first kappa shape index (κ1) is 12.3. The molecule has 0 spiro atoms. The van der Waals surface area contributed by atoms with Gasteiger partial charge in [0, 0.05) is 31.2 Å². The van der Waals surface area contributed by atoms with Gasteiger partial charge in [-0.05, 0) is 38.5 Å². The first-order chi connectivity index (χ1) is 8.59. The molecule has 2 atom stereocenters. The summed E-state index contributed by atoms with van der Waals surface area (Å²) < 4.78 is 0. The van der Waals surface area contributed by atoms with Crippen molar-refractivity contribution in [1.29, 1.82) is 0 Å². The summed E-state index contributed by atoms with van der Waals surface area (Å²) in [7, 11) is 0. The van der Waals surface area contributed by atoms with Gasteiger partial charge in [0.2, 0.25) is 0 Å². The Morgan fingerprint density at radius 2 is 2.00 bits per heavy atom. The highest BCUT2D eigenvalue weighted by atomic mass is 16.2. The largest absolute Gasteiger partial charge is 0.335 e. The molecule has 102 valence electrons. The average Bonchev–Trinajstić information content (AvgIpc) is 2.98. The van der Waals surface area contributed by atoms with Crippen LogP contribution in [0.3, 0.4) is 0 Å². The third-order valence-electron chi connectivity index (χ3n) is 5.29. The minimum absolute atomic E-state index is 0.00312. The molecule has 18 heavy (non-hydrogen) atoms. The van der Waals surface area contributed by atoms with Gasteiger partial charge < -0.3 is 15.5 Å². The monoisotopic (exact) mass is 251 g/mol. The Kier molecular flexibility index (Phi) is 3.00. The zero-order valence-electron chi connectivity index (χ0n) is 11.5. The Labute approximate surface area is 109 Å². The van der Waals surface area contributed by atoms with Gasteiger partial charge in [0.15, 0.2) is 0 Å². The van der Waals surface area contributed by atoms with Crippen molar-refractivity contribution in [2.24, 2.45) is 11.8 Å². The molecule has 3 aliphatic rings. The molecule has 1 saturated carbocycles. The van der Waals surface area contributed by atoms with E-state index < -0.39 is 0 Å². The lowest BCUT2D eigenvalue weighted by molar-refractivity contribution is 0.143. The lowest BCUT2D eigenvalue weighted by Crippen LogP contribution is -2.53. The van der Waals surface area contributed by atoms with Crippen LogP contribution in [0.25, 0.3) is 0 Å². The molecule has 0 aromatic rings. The molecule has 2 N–H and O–H groups in total. The second-order valence-electron chi connectivity index (χ2n) is 6.72. The van der Waals surface area contributed by atoms with E-state index in [9.17, 15) is 4.79 Å². The normalized spacial score (nSPS) is 34.9. The van der Waals surface area contributed by atoms with Gasteiger partial charge >= 0.3 is 6.03 Å². The number of nitrogens with one attached hydrogen (secondary N) is 2. The van der Waals surface area contributed by atoms with Crippen LogP contribution < -0.4 is 10.6 Å². The van der Waals surface area contributed by atoms with Gasteiger partial charge in [0.1, 0.15) is 0 Å². The van der Waals surface area contributed by atoms with Crippen LogP contribution in [0.4, 0.5) is 4.79 Å². The molecule has 0 radical (unpaired) electrons. The summed E-state index contributed by atoms with van der Waals surface area (Å²) in [5, 5.41) is 6.69. The fourth-order valence-electron chi connectivity index (χ4n) is 4.09. The smallest absolute Gasteiger partial charge is 0.318 e. The average molecular weight is 251 g/mol. The van der Waals surface area contributed by atoms with Crippen LogP contribution >= 0.6 is 0 Å². The van der Waals surface area contributed by atoms with Crippen LogP contribution in [0.1, 0.15) is 39.5 Å². The Morgan fingerprint density at radius 3 is 2.67 bits per heavy atom. The van der Waals surface area contributed by atoms with E-state index in [1.807, 2.05) is 0 Å². The lowest BCUT2D eigenvalue weighted by atomic mass is 9.85. The molecular weight excluding hydrogens is 226 g/mol. The van der Waals surface area contributed by atoms with Gasteiger partial charge in [-0.15, -0.1) is 0 Å². The molecule has 2 heterocycles. The molecule has 2 amide bonds. The van der Waals surface area contributed by atoms with Crippen LogP contribution in [-0.4, -0.2) is 42.1 Å². The third-order valence-corrected chi connectivity index (χ3v) is 5.29. The van der Waals surface area contributed by atoms with Crippen molar-refractivity contribution < 1.29 is 4.79 Å². The zero-order chi connectivity index (χ0) is 12.8. The number of likely N-dealkylation sites (tertiary alicyclic amines) is 1. The third kappa shape index (κ3) is 1.91. The number of hydrogen-bond donors (Lipinski definition) is 2. The minimum atomic E-state index is -0.00312. The summed E-state index contributed by atoms with van der Waals surface area (Å²) in [5.74, 6) is 1.26. The molecule has 2 aliphatic heterocycles. The number of amides is 2. The first-order valence-corrected chi connectivity index (χ1v) is 7.38. The van der Waals surface area contributed by atoms with Gasteiger partial charge in [-0.3, -0.25) is 0 Å². The fraction of sp³-hybridized carbons (Fsp3) is 0.929. The van der Waals surface area contributed by atoms with Gasteiger partial charge in [-0.25, -0.2) is 4.79 Å². The van der Waals surface area contributed by atoms with Crippen molar-refractivity contribution in [3.05, 3.63) is 0 Å². The second-order valence-corrected chi connectivity index (χ2v) is 6.72. The molecule has 3 rings (SSSR count). The van der Waals surface area contributed by atoms with E-state index in [0.717, 1.165) is 32.5 Å². The molecule has 0 aromatic carbocycles. The molecule has 3 fully saturated rings. The minimum Gasteiger partial charge on any atom is -0.335 e. The number of carbonyl (C=O) groups excluding carboxylic acids is 1. The SMILES string of the molecule is CC1(C)C2CNCC2CN1C(=O)NC1CCCC1. The fourth-order valence-corrected chi connectivity index (χ4v) is 4.09. The molecule has 4 nitrogen and oxygen atoms in total. The van der Waals surface area contributed by atoms with E-state index in [0.29, 0.717) is 17.9 Å². The highest BCUT2D eigenvalue weighted by Crippen LogP contribution is 2.40. The van der Waals surface area contributed by atoms with Crippen LogP contribution in [-0.2, 0) is 0 Å². The molecule has 2 saturated heterocycles. The van der Waals surface area contributed by atoms with E-state index in [-0.39, 0.29) is 11.6 Å². The molecule has 2 unspecified atom stereocenters. The summed E-state index contributed by atoms with van der Waals surface area (Å²) in [6.45, 7) is 7.49. The van der Waals surface area contributed by atoms with Crippen molar-refractivity contribution in [3.63, 3.8) is 0 Å². The molecule has 4 heteroatoms. The highest BCUT2D eigenvalue weighted by Gasteiger charge is 2.51. The predicted octanol–water partition coefficient (Wildman–Crippen LogP) is 1.57. The van der Waals surface area contributed by atoms with Crippen molar-refractivity contribution in [2.75, 3.05) is 19.6 Å². The zero-order valence-corrected chi connectivity index (χ0v) is 11.5. The van der Waals surface area contributed by atoms with Gasteiger partial charge in [0.05, 0.1) is 0 Å². The van der Waals surface area contributed by atoms with E-state index >= 15 is 0 Å². The van der Waals surface area contributed by atoms with E-state index in [1.54, 1.807) is 0 Å². The van der Waals surface area contributed by atoms with Gasteiger partial charge in [0.25, 0.3) is 0 Å². The van der Waals surface area contributed by atoms with Crippen LogP contribution in [0.5, 0.6) is 0 Å². The first-order valence-electron chi connectivity index (χ1n) is 7.38. The maximum Gasteiger partial charge on any atom is 0.318 e. The number of fused-ring (bicyclic) bond motifs is 1. The van der Waals surface area contributed by atoms with Crippen molar-refractivity contribution in [2.45, 2.75) is 51.1 Å². The van der Waals surface area contributed by atoms with Crippen LogP contribution in [0.15, 0.2) is 0 Å². The topological polar surface area (TPSA) is 44.4 Å². The van der Waals surface area contributed by atoms with E-state index in [4.69, 9.17) is 0 Å². The van der Waals surface area contributed by atoms with Crippen molar-refractivity contribution >= 4 is 6.03 Å². The summed E-state index contributed by atoms with van der Waals surface area (Å²) in [5.41, 5.74) is -0.00312. The standard InChI is InChI=1S/C14H25N3O/c1-14(2)12-8-15-7-10(12)9-17(14)13(18)16-11-5-3-4-6-11/h10-12,15H,3-9H2,1-2H3,(H,16,18). The lowest BCUT2D eigenvalue weighted by Gasteiger charge is -2.36. The number of hydrogen-bond acceptors (Lipinski definition) is 2. The molecule has 0 aromatic heterocycles. The molecule has 0 bridgehead atoms. The summed E-state index contributed by atoms with van der Waals surface area (Å²) in [6, 6.07) is 0.591. The van der Waals surface area contributed by atoms with Crippen molar-refractivity contribution in [3.8, 4) is 0 Å². The maximum absolute atomic E-state index is 12.4. The van der Waals surface area contributed by atoms with E-state index in [2.05, 4.69) is 29.4 Å². The Hall–Kier alpha value is -0.770. The number of nitrogens with zero attached hydrogens (tertiary/aromatic N) is 1. The summed E-state index contributed by atoms with van der Waals surface area (Å²) in [6.07, 6.45) is 4.86. The quantitative estimate of drug-likeness (QED) is 0.743. The maximum atomic E-state index is 12.4. The summed E-state index contributed by atoms with van der Waals surface area (Å²) in [4.78, 5) is 14.5. The van der Waals surface area contributed by atoms with Crippen molar-refractivity contribution in [1.82, 2.24) is 15.5 Å². The number of carbonyl (C=O) groups is 1.